The molecule has 1 heterocycles. The van der Waals surface area contributed by atoms with Crippen LogP contribution in [-0.4, -0.2) is 15.7 Å². The van der Waals surface area contributed by atoms with Crippen LogP contribution >= 0.6 is 0 Å². The summed E-state index contributed by atoms with van der Waals surface area (Å²) in [5.74, 6) is 0.0690. The van der Waals surface area contributed by atoms with Gasteiger partial charge in [0.25, 0.3) is 0 Å². The average molecular weight is 286 g/mol. The summed E-state index contributed by atoms with van der Waals surface area (Å²) in [5, 5.41) is 18.4. The molecule has 1 aromatic heterocycles. The van der Waals surface area contributed by atoms with Crippen LogP contribution in [-0.2, 0) is 6.61 Å². The van der Waals surface area contributed by atoms with Gasteiger partial charge in [-0.2, -0.15) is 0 Å². The van der Waals surface area contributed by atoms with Crippen LogP contribution in [0.3, 0.4) is 0 Å². The number of benzene rings is 1. The molecule has 0 spiro atoms. The normalized spacial score (nSPS) is 10.1. The first-order chi connectivity index (χ1) is 9.99. The first-order valence-corrected chi connectivity index (χ1v) is 6.15. The van der Waals surface area contributed by atoms with Crippen LogP contribution in [0.5, 0.6) is 5.75 Å². The third-order valence-corrected chi connectivity index (χ3v) is 2.88. The molecule has 0 unspecified atom stereocenters. The maximum absolute atomic E-state index is 11.1. The SMILES string of the molecule is Cc1cccc(OCc2ccnc(C(=N)N)c2)c1[N+](=O)[O-]. The summed E-state index contributed by atoms with van der Waals surface area (Å²) < 4.78 is 5.52. The Bertz CT molecular complexity index is 700. The lowest BCUT2D eigenvalue weighted by atomic mass is 10.2. The zero-order valence-electron chi connectivity index (χ0n) is 11.4. The number of nitrogens with zero attached hydrogens (tertiary/aromatic N) is 2. The third kappa shape index (κ3) is 3.33. The molecule has 2 aromatic rings. The second-order valence-electron chi connectivity index (χ2n) is 4.43. The van der Waals surface area contributed by atoms with Gasteiger partial charge in [-0.15, -0.1) is 0 Å². The van der Waals surface area contributed by atoms with E-state index in [1.165, 1.54) is 6.20 Å². The highest BCUT2D eigenvalue weighted by Crippen LogP contribution is 2.30. The molecule has 108 valence electrons. The molecule has 0 fully saturated rings. The van der Waals surface area contributed by atoms with E-state index < -0.39 is 4.92 Å². The Morgan fingerprint density at radius 3 is 2.90 bits per heavy atom. The van der Waals surface area contributed by atoms with Crippen molar-refractivity contribution in [2.24, 2.45) is 5.73 Å². The number of nitro groups is 1. The predicted molar refractivity (Wildman–Crippen MR) is 77.4 cm³/mol. The van der Waals surface area contributed by atoms with Gasteiger partial charge in [0.15, 0.2) is 5.75 Å². The number of nitrogen functional groups attached to an aromatic ring is 1. The molecular formula is C14H14N4O3. The van der Waals surface area contributed by atoms with Crippen molar-refractivity contribution in [1.29, 1.82) is 5.41 Å². The average Bonchev–Trinajstić information content (AvgIpc) is 2.45. The molecule has 2 rings (SSSR count). The molecule has 7 heteroatoms. The highest BCUT2D eigenvalue weighted by molar-refractivity contribution is 5.93. The topological polar surface area (TPSA) is 115 Å². The van der Waals surface area contributed by atoms with Crippen molar-refractivity contribution in [2.75, 3.05) is 0 Å². The van der Waals surface area contributed by atoms with E-state index in [1.54, 1.807) is 37.3 Å². The largest absolute Gasteiger partial charge is 0.482 e. The number of para-hydroxylation sites is 1. The molecule has 21 heavy (non-hydrogen) atoms. The van der Waals surface area contributed by atoms with Gasteiger partial charge in [0.2, 0.25) is 0 Å². The summed E-state index contributed by atoms with van der Waals surface area (Å²) in [7, 11) is 0. The van der Waals surface area contributed by atoms with Crippen molar-refractivity contribution in [3.8, 4) is 5.75 Å². The Balaban J connectivity index is 2.21. The minimum atomic E-state index is -0.460. The molecule has 0 aliphatic heterocycles. The first kappa shape index (κ1) is 14.4. The molecule has 7 nitrogen and oxygen atoms in total. The summed E-state index contributed by atoms with van der Waals surface area (Å²) in [5.41, 5.74) is 6.93. The number of nitro benzene ring substituents is 1. The smallest absolute Gasteiger partial charge is 0.313 e. The van der Waals surface area contributed by atoms with Crippen LogP contribution in [0.4, 0.5) is 5.69 Å². The summed E-state index contributed by atoms with van der Waals surface area (Å²) in [6.07, 6.45) is 1.51. The molecule has 0 saturated heterocycles. The standard InChI is InChI=1S/C14H14N4O3/c1-9-3-2-4-12(13(9)18(19)20)21-8-10-5-6-17-11(7-10)14(15)16/h2-7H,8H2,1H3,(H3,15,16). The van der Waals surface area contributed by atoms with Gasteiger partial charge in [0, 0.05) is 11.8 Å². The quantitative estimate of drug-likeness (QED) is 0.378. The molecule has 0 aliphatic rings. The van der Waals surface area contributed by atoms with Gasteiger partial charge in [-0.25, -0.2) is 0 Å². The minimum absolute atomic E-state index is 0.0432. The van der Waals surface area contributed by atoms with Crippen molar-refractivity contribution in [3.05, 3.63) is 63.5 Å². The number of ether oxygens (including phenoxy) is 1. The van der Waals surface area contributed by atoms with Crippen LogP contribution in [0.2, 0.25) is 0 Å². The van der Waals surface area contributed by atoms with Crippen molar-refractivity contribution >= 4 is 11.5 Å². The Morgan fingerprint density at radius 1 is 1.48 bits per heavy atom. The summed E-state index contributed by atoms with van der Waals surface area (Å²) in [6, 6.07) is 8.23. The number of hydrogen-bond acceptors (Lipinski definition) is 5. The van der Waals surface area contributed by atoms with E-state index in [-0.39, 0.29) is 23.9 Å². The van der Waals surface area contributed by atoms with Crippen LogP contribution in [0.1, 0.15) is 16.8 Å². The van der Waals surface area contributed by atoms with Gasteiger partial charge in [-0.05, 0) is 30.7 Å². The number of pyridine rings is 1. The van der Waals surface area contributed by atoms with Crippen molar-refractivity contribution in [3.63, 3.8) is 0 Å². The predicted octanol–water partition coefficient (Wildman–Crippen LogP) is 2.16. The third-order valence-electron chi connectivity index (χ3n) is 2.88. The minimum Gasteiger partial charge on any atom is -0.482 e. The van der Waals surface area contributed by atoms with E-state index in [9.17, 15) is 10.1 Å². The number of nitrogens with two attached hydrogens (primary N) is 1. The van der Waals surface area contributed by atoms with Gasteiger partial charge < -0.3 is 10.5 Å². The first-order valence-electron chi connectivity index (χ1n) is 6.15. The maximum atomic E-state index is 11.1. The number of nitrogens with one attached hydrogen (secondary N) is 1. The highest BCUT2D eigenvalue weighted by atomic mass is 16.6. The summed E-state index contributed by atoms with van der Waals surface area (Å²) >= 11 is 0. The Labute approximate surface area is 121 Å². The number of hydrogen-bond donors (Lipinski definition) is 2. The highest BCUT2D eigenvalue weighted by Gasteiger charge is 2.18. The zero-order chi connectivity index (χ0) is 15.4. The Morgan fingerprint density at radius 2 is 2.24 bits per heavy atom. The second kappa shape index (κ2) is 6.00. The second-order valence-corrected chi connectivity index (χ2v) is 4.43. The molecule has 3 N–H and O–H groups in total. The lowest BCUT2D eigenvalue weighted by Gasteiger charge is -2.08. The number of amidine groups is 1. The molecule has 0 amide bonds. The van der Waals surface area contributed by atoms with Crippen molar-refractivity contribution in [2.45, 2.75) is 13.5 Å². The van der Waals surface area contributed by atoms with E-state index in [4.69, 9.17) is 15.9 Å². The van der Waals surface area contributed by atoms with E-state index in [0.29, 0.717) is 11.3 Å². The van der Waals surface area contributed by atoms with Gasteiger partial charge in [0.05, 0.1) is 4.92 Å². The molecule has 0 aliphatic carbocycles. The number of aryl methyl sites for hydroxylation is 1. The fourth-order valence-electron chi connectivity index (χ4n) is 1.85. The monoisotopic (exact) mass is 286 g/mol. The van der Waals surface area contributed by atoms with Crippen molar-refractivity contribution < 1.29 is 9.66 Å². The van der Waals surface area contributed by atoms with Crippen LogP contribution in [0.25, 0.3) is 0 Å². The van der Waals surface area contributed by atoms with E-state index in [1.807, 2.05) is 0 Å². The van der Waals surface area contributed by atoms with E-state index >= 15 is 0 Å². The van der Waals surface area contributed by atoms with Gasteiger partial charge in [-0.3, -0.25) is 20.5 Å². The molecule has 0 radical (unpaired) electrons. The summed E-state index contributed by atoms with van der Waals surface area (Å²) in [6.45, 7) is 1.79. The fraction of sp³-hybridized carbons (Fsp3) is 0.143. The van der Waals surface area contributed by atoms with E-state index in [0.717, 1.165) is 5.56 Å². The molecule has 0 atom stereocenters. The van der Waals surface area contributed by atoms with Gasteiger partial charge >= 0.3 is 5.69 Å². The van der Waals surface area contributed by atoms with Crippen LogP contribution in [0.15, 0.2) is 36.5 Å². The maximum Gasteiger partial charge on any atom is 0.313 e. The summed E-state index contributed by atoms with van der Waals surface area (Å²) in [4.78, 5) is 14.5. The molecule has 1 aromatic carbocycles. The number of rotatable bonds is 5. The van der Waals surface area contributed by atoms with Gasteiger partial charge in [-0.1, -0.05) is 12.1 Å². The molecule has 0 bridgehead atoms. The lowest BCUT2D eigenvalue weighted by Crippen LogP contribution is -2.13. The lowest BCUT2D eigenvalue weighted by molar-refractivity contribution is -0.386. The fourth-order valence-corrected chi connectivity index (χ4v) is 1.85. The molecular weight excluding hydrogens is 272 g/mol. The Hall–Kier alpha value is -2.96. The van der Waals surface area contributed by atoms with Crippen molar-refractivity contribution in [1.82, 2.24) is 4.98 Å². The molecule has 0 saturated carbocycles. The Kier molecular flexibility index (Phi) is 4.13. The zero-order valence-corrected chi connectivity index (χ0v) is 11.4. The van der Waals surface area contributed by atoms with Gasteiger partial charge in [0.1, 0.15) is 18.1 Å². The van der Waals surface area contributed by atoms with Crippen LogP contribution < -0.4 is 10.5 Å². The van der Waals surface area contributed by atoms with Crippen LogP contribution in [0, 0.1) is 22.4 Å². The number of aromatic nitrogens is 1. The van der Waals surface area contributed by atoms with E-state index in [2.05, 4.69) is 4.98 Å².